The highest BCUT2D eigenvalue weighted by Gasteiger charge is 2.28. The molecule has 4 nitrogen and oxygen atoms in total. The average molecular weight is 254 g/mol. The van der Waals surface area contributed by atoms with E-state index < -0.39 is 0 Å². The highest BCUT2D eigenvalue weighted by Crippen LogP contribution is 2.24. The molecule has 0 bridgehead atoms. The molecule has 2 fully saturated rings. The molecule has 1 saturated heterocycles. The minimum atomic E-state index is -0.145. The van der Waals surface area contributed by atoms with Crippen molar-refractivity contribution in [1.82, 2.24) is 9.80 Å². The van der Waals surface area contributed by atoms with Gasteiger partial charge in [0.1, 0.15) is 0 Å². The fraction of sp³-hybridized carbons (Fsp3) is 0.929. The van der Waals surface area contributed by atoms with Crippen LogP contribution >= 0.6 is 0 Å². The molecule has 1 amide bonds. The summed E-state index contributed by atoms with van der Waals surface area (Å²) in [5.74, 6) is 0.829. The lowest BCUT2D eigenvalue weighted by atomic mass is 9.91. The second kappa shape index (κ2) is 6.02. The number of nitrogens with zero attached hydrogens (tertiary/aromatic N) is 2. The van der Waals surface area contributed by atoms with E-state index in [1.165, 1.54) is 0 Å². The van der Waals surface area contributed by atoms with Gasteiger partial charge in [0.05, 0.1) is 6.10 Å². The quantitative estimate of drug-likeness (QED) is 0.820. The summed E-state index contributed by atoms with van der Waals surface area (Å²) in [6.45, 7) is 2.18. The Balaban J connectivity index is 1.77. The highest BCUT2D eigenvalue weighted by atomic mass is 16.3. The van der Waals surface area contributed by atoms with Crippen LogP contribution in [-0.2, 0) is 4.79 Å². The van der Waals surface area contributed by atoms with Gasteiger partial charge in [-0.3, -0.25) is 4.79 Å². The van der Waals surface area contributed by atoms with Crippen LogP contribution in [0.2, 0.25) is 0 Å². The smallest absolute Gasteiger partial charge is 0.222 e. The third kappa shape index (κ3) is 3.45. The molecule has 104 valence electrons. The molecule has 1 atom stereocenters. The lowest BCUT2D eigenvalue weighted by Crippen LogP contribution is -2.41. The van der Waals surface area contributed by atoms with Crippen molar-refractivity contribution in [3.63, 3.8) is 0 Å². The topological polar surface area (TPSA) is 43.8 Å². The Bertz CT molecular complexity index is 288. The van der Waals surface area contributed by atoms with Crippen molar-refractivity contribution in [2.75, 3.05) is 27.2 Å². The minimum absolute atomic E-state index is 0.145. The van der Waals surface area contributed by atoms with Gasteiger partial charge in [0.2, 0.25) is 5.91 Å². The molecule has 2 rings (SSSR count). The standard InChI is InChI=1S/C14H26N2O2/c1-15-8-7-11(10-15)9-14(18)16(2)12-3-5-13(17)6-4-12/h11-13,17H,3-10H2,1-2H3. The number of likely N-dealkylation sites (tertiary alicyclic amines) is 1. The molecule has 1 aliphatic carbocycles. The van der Waals surface area contributed by atoms with Crippen molar-refractivity contribution in [2.24, 2.45) is 5.92 Å². The van der Waals surface area contributed by atoms with E-state index in [9.17, 15) is 9.90 Å². The lowest BCUT2D eigenvalue weighted by molar-refractivity contribution is -0.133. The van der Waals surface area contributed by atoms with Gasteiger partial charge in [-0.15, -0.1) is 0 Å². The number of aliphatic hydroxyl groups is 1. The van der Waals surface area contributed by atoms with Crippen molar-refractivity contribution >= 4 is 5.91 Å². The molecular weight excluding hydrogens is 228 g/mol. The van der Waals surface area contributed by atoms with Gasteiger partial charge in [0.25, 0.3) is 0 Å². The van der Waals surface area contributed by atoms with Gasteiger partial charge in [-0.2, -0.15) is 0 Å². The number of carbonyl (C=O) groups is 1. The van der Waals surface area contributed by atoms with E-state index in [0.717, 1.165) is 45.2 Å². The lowest BCUT2D eigenvalue weighted by Gasteiger charge is -2.33. The average Bonchev–Trinajstić information content (AvgIpc) is 2.75. The normalized spacial score (nSPS) is 33.6. The minimum Gasteiger partial charge on any atom is -0.393 e. The number of hydrogen-bond donors (Lipinski definition) is 1. The number of rotatable bonds is 3. The van der Waals surface area contributed by atoms with Crippen LogP contribution < -0.4 is 0 Å². The Kier molecular flexibility index (Phi) is 4.62. The number of amides is 1. The first-order valence-electron chi connectivity index (χ1n) is 7.18. The molecule has 0 spiro atoms. The molecule has 1 heterocycles. The van der Waals surface area contributed by atoms with Crippen molar-refractivity contribution < 1.29 is 9.90 Å². The first-order chi connectivity index (χ1) is 8.56. The third-order valence-electron chi connectivity index (χ3n) is 4.56. The molecule has 1 aliphatic heterocycles. The van der Waals surface area contributed by atoms with E-state index in [1.54, 1.807) is 0 Å². The van der Waals surface area contributed by atoms with Crippen molar-refractivity contribution in [3.05, 3.63) is 0 Å². The van der Waals surface area contributed by atoms with Crippen LogP contribution in [0.1, 0.15) is 38.5 Å². The Labute approximate surface area is 110 Å². The summed E-state index contributed by atoms with van der Waals surface area (Å²) in [5, 5.41) is 9.50. The van der Waals surface area contributed by atoms with Crippen LogP contribution in [0.25, 0.3) is 0 Å². The van der Waals surface area contributed by atoms with Crippen molar-refractivity contribution in [3.8, 4) is 0 Å². The monoisotopic (exact) mass is 254 g/mol. The molecule has 0 aromatic rings. The summed E-state index contributed by atoms with van der Waals surface area (Å²) >= 11 is 0. The molecule has 18 heavy (non-hydrogen) atoms. The number of hydrogen-bond acceptors (Lipinski definition) is 3. The molecule has 1 unspecified atom stereocenters. The summed E-state index contributed by atoms with van der Waals surface area (Å²) in [6, 6.07) is 0.347. The maximum atomic E-state index is 12.2. The summed E-state index contributed by atoms with van der Waals surface area (Å²) < 4.78 is 0. The molecular formula is C14H26N2O2. The first-order valence-corrected chi connectivity index (χ1v) is 7.18. The Morgan fingerprint density at radius 2 is 1.94 bits per heavy atom. The molecule has 1 saturated carbocycles. The van der Waals surface area contributed by atoms with E-state index in [0.29, 0.717) is 18.4 Å². The zero-order chi connectivity index (χ0) is 13.1. The van der Waals surface area contributed by atoms with E-state index >= 15 is 0 Å². The molecule has 0 radical (unpaired) electrons. The Morgan fingerprint density at radius 1 is 1.28 bits per heavy atom. The van der Waals surface area contributed by atoms with E-state index in [-0.39, 0.29) is 12.0 Å². The molecule has 2 aliphatic rings. The van der Waals surface area contributed by atoms with Crippen LogP contribution in [0.3, 0.4) is 0 Å². The zero-order valence-corrected chi connectivity index (χ0v) is 11.6. The van der Waals surface area contributed by atoms with E-state index in [2.05, 4.69) is 11.9 Å². The first kappa shape index (κ1) is 13.8. The second-order valence-corrected chi connectivity index (χ2v) is 6.09. The second-order valence-electron chi connectivity index (χ2n) is 6.09. The number of aliphatic hydroxyl groups excluding tert-OH is 1. The largest absolute Gasteiger partial charge is 0.393 e. The van der Waals surface area contributed by atoms with Crippen molar-refractivity contribution in [2.45, 2.75) is 50.7 Å². The Morgan fingerprint density at radius 3 is 2.50 bits per heavy atom. The summed E-state index contributed by atoms with van der Waals surface area (Å²) in [5.41, 5.74) is 0. The van der Waals surface area contributed by atoms with Gasteiger partial charge < -0.3 is 14.9 Å². The van der Waals surface area contributed by atoms with Crippen LogP contribution in [0.15, 0.2) is 0 Å². The summed E-state index contributed by atoms with van der Waals surface area (Å²) in [4.78, 5) is 16.5. The van der Waals surface area contributed by atoms with Crippen LogP contribution in [0.4, 0.5) is 0 Å². The van der Waals surface area contributed by atoms with Gasteiger partial charge in [0.15, 0.2) is 0 Å². The van der Waals surface area contributed by atoms with Gasteiger partial charge >= 0.3 is 0 Å². The van der Waals surface area contributed by atoms with Crippen LogP contribution in [0, 0.1) is 5.92 Å². The number of carbonyl (C=O) groups excluding carboxylic acids is 1. The third-order valence-corrected chi connectivity index (χ3v) is 4.56. The van der Waals surface area contributed by atoms with Crippen molar-refractivity contribution in [1.29, 1.82) is 0 Å². The van der Waals surface area contributed by atoms with Crippen LogP contribution in [-0.4, -0.2) is 60.1 Å². The predicted octanol–water partition coefficient (Wildman–Crippen LogP) is 1.09. The molecule has 0 aromatic carbocycles. The summed E-state index contributed by atoms with van der Waals surface area (Å²) in [6.07, 6.45) is 5.29. The molecule has 0 aromatic heterocycles. The fourth-order valence-corrected chi connectivity index (χ4v) is 3.23. The highest BCUT2D eigenvalue weighted by molar-refractivity contribution is 5.76. The molecule has 4 heteroatoms. The van der Waals surface area contributed by atoms with Gasteiger partial charge in [-0.1, -0.05) is 0 Å². The maximum absolute atomic E-state index is 12.2. The predicted molar refractivity (Wildman–Crippen MR) is 71.3 cm³/mol. The van der Waals surface area contributed by atoms with Gasteiger partial charge in [0, 0.05) is 26.1 Å². The van der Waals surface area contributed by atoms with E-state index in [1.807, 2.05) is 11.9 Å². The maximum Gasteiger partial charge on any atom is 0.222 e. The Hall–Kier alpha value is -0.610. The van der Waals surface area contributed by atoms with Gasteiger partial charge in [-0.25, -0.2) is 0 Å². The molecule has 1 N–H and O–H groups in total. The van der Waals surface area contributed by atoms with E-state index in [4.69, 9.17) is 0 Å². The SMILES string of the molecule is CN1CCC(CC(=O)N(C)C2CCC(O)CC2)C1. The van der Waals surface area contributed by atoms with Gasteiger partial charge in [-0.05, 0) is 51.6 Å². The van der Waals surface area contributed by atoms with Crippen LogP contribution in [0.5, 0.6) is 0 Å². The summed E-state index contributed by atoms with van der Waals surface area (Å²) in [7, 11) is 4.06. The fourth-order valence-electron chi connectivity index (χ4n) is 3.23. The zero-order valence-electron chi connectivity index (χ0n) is 11.6.